The molecule has 0 bridgehead atoms. The molecule has 0 amide bonds. The minimum absolute atomic E-state index is 0.193. The molecule has 2 aromatic heterocycles. The van der Waals surface area contributed by atoms with E-state index in [0.29, 0.717) is 5.69 Å². The summed E-state index contributed by atoms with van der Waals surface area (Å²) in [7, 11) is 0. The second-order valence-electron chi connectivity index (χ2n) is 5.04. The van der Waals surface area contributed by atoms with Crippen molar-refractivity contribution in [3.8, 4) is 11.3 Å². The lowest BCUT2D eigenvalue weighted by molar-refractivity contribution is 0.0697. The van der Waals surface area contributed by atoms with Crippen LogP contribution in [0.5, 0.6) is 0 Å². The van der Waals surface area contributed by atoms with E-state index in [1.165, 1.54) is 6.20 Å². The maximum atomic E-state index is 11.3. The molecule has 0 aliphatic rings. The number of aromatic carboxylic acids is 1. The van der Waals surface area contributed by atoms with E-state index >= 15 is 0 Å². The summed E-state index contributed by atoms with van der Waals surface area (Å²) in [4.78, 5) is 15.3. The van der Waals surface area contributed by atoms with Gasteiger partial charge in [0.25, 0.3) is 0 Å². The average Bonchev–Trinajstić information content (AvgIpc) is 2.74. The number of aromatic nitrogens is 3. The second-order valence-corrected chi connectivity index (χ2v) is 5.04. The highest BCUT2D eigenvalue weighted by Gasteiger charge is 2.24. The van der Waals surface area contributed by atoms with Crippen LogP contribution in [-0.4, -0.2) is 25.8 Å². The third kappa shape index (κ3) is 2.11. The monoisotopic (exact) mass is 245 g/mol. The lowest BCUT2D eigenvalue weighted by Crippen LogP contribution is -2.24. The summed E-state index contributed by atoms with van der Waals surface area (Å²) in [5.74, 6) is -0.982. The fourth-order valence-corrected chi connectivity index (χ4v) is 1.79. The van der Waals surface area contributed by atoms with E-state index in [2.05, 4.69) is 10.1 Å². The molecule has 0 aromatic carbocycles. The molecule has 0 fully saturated rings. The van der Waals surface area contributed by atoms with Crippen molar-refractivity contribution in [1.29, 1.82) is 0 Å². The number of carbonyl (C=O) groups is 1. The van der Waals surface area contributed by atoms with E-state index in [4.69, 9.17) is 0 Å². The predicted molar refractivity (Wildman–Crippen MR) is 67.4 cm³/mol. The van der Waals surface area contributed by atoms with Gasteiger partial charge in [-0.1, -0.05) is 0 Å². The van der Waals surface area contributed by atoms with Crippen LogP contribution in [0.4, 0.5) is 0 Å². The Kier molecular flexibility index (Phi) is 2.90. The van der Waals surface area contributed by atoms with Crippen LogP contribution in [0, 0.1) is 0 Å². The van der Waals surface area contributed by atoms with Crippen molar-refractivity contribution in [2.75, 3.05) is 0 Å². The topological polar surface area (TPSA) is 68.0 Å². The summed E-state index contributed by atoms with van der Waals surface area (Å²) in [6.45, 7) is 5.93. The van der Waals surface area contributed by atoms with Crippen LogP contribution in [0.1, 0.15) is 31.1 Å². The van der Waals surface area contributed by atoms with Gasteiger partial charge in [-0.15, -0.1) is 0 Å². The number of nitrogens with zero attached hydrogens (tertiary/aromatic N) is 3. The van der Waals surface area contributed by atoms with Crippen LogP contribution < -0.4 is 0 Å². The number of rotatable bonds is 2. The third-order valence-corrected chi connectivity index (χ3v) is 2.57. The molecule has 0 aliphatic heterocycles. The molecule has 0 aliphatic carbocycles. The number of carboxylic acid groups (broad SMARTS) is 1. The SMILES string of the molecule is CC(C)(C)n1ncc(C(=O)O)c1-c1cccnc1. The molecule has 2 aromatic rings. The third-order valence-electron chi connectivity index (χ3n) is 2.57. The lowest BCUT2D eigenvalue weighted by atomic mass is 10.1. The van der Waals surface area contributed by atoms with Gasteiger partial charge in [-0.3, -0.25) is 9.67 Å². The summed E-state index contributed by atoms with van der Waals surface area (Å²) in [5, 5.41) is 13.4. The van der Waals surface area contributed by atoms with Crippen molar-refractivity contribution in [3.63, 3.8) is 0 Å². The molecular formula is C13H15N3O2. The molecule has 94 valence electrons. The van der Waals surface area contributed by atoms with Crippen LogP contribution in [0.25, 0.3) is 11.3 Å². The standard InChI is InChI=1S/C13H15N3O2/c1-13(2,3)16-11(9-5-4-6-14-7-9)10(8-15-16)12(17)18/h4-8H,1-3H3,(H,17,18). The van der Waals surface area contributed by atoms with E-state index in [9.17, 15) is 9.90 Å². The van der Waals surface area contributed by atoms with Crippen molar-refractivity contribution < 1.29 is 9.90 Å². The Morgan fingerprint density at radius 1 is 1.33 bits per heavy atom. The van der Waals surface area contributed by atoms with Gasteiger partial charge in [0.1, 0.15) is 5.56 Å². The van der Waals surface area contributed by atoms with E-state index in [1.54, 1.807) is 23.1 Å². The molecule has 0 saturated carbocycles. The quantitative estimate of drug-likeness (QED) is 0.882. The number of hydrogen-bond donors (Lipinski definition) is 1. The Balaban J connectivity index is 2.70. The highest BCUT2D eigenvalue weighted by atomic mass is 16.4. The molecule has 0 spiro atoms. The van der Waals surface area contributed by atoms with Crippen molar-refractivity contribution in [2.24, 2.45) is 0 Å². The first-order chi connectivity index (χ1) is 8.41. The van der Waals surface area contributed by atoms with Gasteiger partial charge in [0.05, 0.1) is 17.4 Å². The molecule has 0 radical (unpaired) electrons. The Hall–Kier alpha value is -2.17. The maximum absolute atomic E-state index is 11.3. The zero-order valence-corrected chi connectivity index (χ0v) is 10.6. The molecular weight excluding hydrogens is 230 g/mol. The Labute approximate surface area is 105 Å². The van der Waals surface area contributed by atoms with Crippen LogP contribution in [0.15, 0.2) is 30.7 Å². The van der Waals surface area contributed by atoms with Crippen LogP contribution in [-0.2, 0) is 5.54 Å². The Morgan fingerprint density at radius 3 is 2.56 bits per heavy atom. The molecule has 2 rings (SSSR count). The van der Waals surface area contributed by atoms with Crippen LogP contribution in [0.3, 0.4) is 0 Å². The van der Waals surface area contributed by atoms with E-state index in [1.807, 2.05) is 26.8 Å². The summed E-state index contributed by atoms with van der Waals surface area (Å²) >= 11 is 0. The van der Waals surface area contributed by atoms with E-state index < -0.39 is 5.97 Å². The fourth-order valence-electron chi connectivity index (χ4n) is 1.79. The lowest BCUT2D eigenvalue weighted by Gasteiger charge is -2.22. The Bertz CT molecular complexity index is 568. The van der Waals surface area contributed by atoms with Crippen LogP contribution >= 0.6 is 0 Å². The number of hydrogen-bond acceptors (Lipinski definition) is 3. The molecule has 0 atom stereocenters. The van der Waals surface area contributed by atoms with Crippen molar-refractivity contribution >= 4 is 5.97 Å². The number of carboxylic acids is 1. The second kappa shape index (κ2) is 4.25. The van der Waals surface area contributed by atoms with Gasteiger partial charge in [-0.2, -0.15) is 5.10 Å². The summed E-state index contributed by atoms with van der Waals surface area (Å²) in [5.41, 5.74) is 1.24. The van der Waals surface area contributed by atoms with Gasteiger partial charge in [-0.05, 0) is 32.9 Å². The predicted octanol–water partition coefficient (Wildman–Crippen LogP) is 2.40. The first kappa shape index (κ1) is 12.3. The van der Waals surface area contributed by atoms with Gasteiger partial charge in [0.15, 0.2) is 0 Å². The number of pyridine rings is 1. The normalized spacial score (nSPS) is 11.5. The smallest absolute Gasteiger partial charge is 0.339 e. The van der Waals surface area contributed by atoms with Crippen molar-refractivity contribution in [1.82, 2.24) is 14.8 Å². The largest absolute Gasteiger partial charge is 0.478 e. The van der Waals surface area contributed by atoms with Crippen molar-refractivity contribution in [3.05, 3.63) is 36.3 Å². The minimum atomic E-state index is -0.982. The molecule has 0 unspecified atom stereocenters. The molecule has 1 N–H and O–H groups in total. The van der Waals surface area contributed by atoms with Crippen LogP contribution in [0.2, 0.25) is 0 Å². The minimum Gasteiger partial charge on any atom is -0.478 e. The zero-order chi connectivity index (χ0) is 13.3. The van der Waals surface area contributed by atoms with E-state index in [0.717, 1.165) is 5.56 Å². The fraction of sp³-hybridized carbons (Fsp3) is 0.308. The summed E-state index contributed by atoms with van der Waals surface area (Å²) < 4.78 is 1.72. The highest BCUT2D eigenvalue weighted by molar-refractivity contribution is 5.94. The van der Waals surface area contributed by atoms with E-state index in [-0.39, 0.29) is 11.1 Å². The van der Waals surface area contributed by atoms with Gasteiger partial charge in [0, 0.05) is 18.0 Å². The maximum Gasteiger partial charge on any atom is 0.339 e. The van der Waals surface area contributed by atoms with Gasteiger partial charge < -0.3 is 5.11 Å². The summed E-state index contributed by atoms with van der Waals surface area (Å²) in [6.07, 6.45) is 4.68. The molecule has 5 nitrogen and oxygen atoms in total. The average molecular weight is 245 g/mol. The Morgan fingerprint density at radius 2 is 2.06 bits per heavy atom. The summed E-state index contributed by atoms with van der Waals surface area (Å²) in [6, 6.07) is 3.61. The zero-order valence-electron chi connectivity index (χ0n) is 10.6. The molecule has 2 heterocycles. The van der Waals surface area contributed by atoms with Gasteiger partial charge >= 0.3 is 5.97 Å². The highest BCUT2D eigenvalue weighted by Crippen LogP contribution is 2.28. The van der Waals surface area contributed by atoms with Gasteiger partial charge in [0.2, 0.25) is 0 Å². The first-order valence-corrected chi connectivity index (χ1v) is 5.63. The molecule has 18 heavy (non-hydrogen) atoms. The first-order valence-electron chi connectivity index (χ1n) is 5.63. The molecule has 5 heteroatoms. The van der Waals surface area contributed by atoms with Gasteiger partial charge in [-0.25, -0.2) is 4.79 Å². The molecule has 0 saturated heterocycles. The van der Waals surface area contributed by atoms with Crippen molar-refractivity contribution in [2.45, 2.75) is 26.3 Å².